The van der Waals surface area contributed by atoms with E-state index in [0.717, 1.165) is 6.42 Å². The highest BCUT2D eigenvalue weighted by molar-refractivity contribution is 5.78. The lowest BCUT2D eigenvalue weighted by molar-refractivity contribution is -0.128. The number of halogens is 1. The van der Waals surface area contributed by atoms with Gasteiger partial charge in [-0.2, -0.15) is 0 Å². The number of nitrogens with one attached hydrogen (secondary N) is 1. The molecule has 0 saturated carbocycles. The van der Waals surface area contributed by atoms with Crippen LogP contribution in [0.5, 0.6) is 5.75 Å². The molecule has 1 saturated heterocycles. The van der Waals surface area contributed by atoms with Gasteiger partial charge in [0.2, 0.25) is 5.91 Å². The maximum atomic E-state index is 14.0. The second kappa shape index (κ2) is 7.56. The van der Waals surface area contributed by atoms with Gasteiger partial charge in [0.1, 0.15) is 11.6 Å². The molecule has 1 aromatic rings. The first-order chi connectivity index (χ1) is 10.5. The molecule has 1 fully saturated rings. The van der Waals surface area contributed by atoms with E-state index >= 15 is 0 Å². The zero-order valence-electron chi connectivity index (χ0n) is 13.0. The van der Waals surface area contributed by atoms with Crippen molar-refractivity contribution in [3.05, 3.63) is 29.6 Å². The molecular formula is C16H23FN2O3. The summed E-state index contributed by atoms with van der Waals surface area (Å²) in [6.07, 6.45) is 0.729. The van der Waals surface area contributed by atoms with Crippen LogP contribution in [0.25, 0.3) is 0 Å². The molecule has 0 radical (unpaired) electrons. The maximum Gasteiger partial charge on any atom is 0.222 e. The molecule has 1 aliphatic heterocycles. The molecule has 2 N–H and O–H groups in total. The summed E-state index contributed by atoms with van der Waals surface area (Å²) in [7, 11) is 1.50. The van der Waals surface area contributed by atoms with E-state index in [1.807, 2.05) is 6.92 Å². The van der Waals surface area contributed by atoms with Crippen molar-refractivity contribution < 1.29 is 19.0 Å². The van der Waals surface area contributed by atoms with Gasteiger partial charge in [0, 0.05) is 37.7 Å². The zero-order chi connectivity index (χ0) is 16.1. The van der Waals surface area contributed by atoms with Crippen molar-refractivity contribution >= 4 is 5.91 Å². The summed E-state index contributed by atoms with van der Waals surface area (Å²) in [6, 6.07) is 4.38. The van der Waals surface area contributed by atoms with Crippen molar-refractivity contribution in [3.63, 3.8) is 0 Å². The van der Waals surface area contributed by atoms with Crippen molar-refractivity contribution in [1.82, 2.24) is 10.2 Å². The first-order valence-corrected chi connectivity index (χ1v) is 7.54. The van der Waals surface area contributed by atoms with E-state index in [4.69, 9.17) is 4.74 Å². The van der Waals surface area contributed by atoms with Gasteiger partial charge in [0.15, 0.2) is 0 Å². The van der Waals surface area contributed by atoms with Gasteiger partial charge in [-0.3, -0.25) is 4.79 Å². The molecule has 6 heteroatoms. The largest absolute Gasteiger partial charge is 0.496 e. The fourth-order valence-electron chi connectivity index (χ4n) is 2.75. The molecule has 122 valence electrons. The van der Waals surface area contributed by atoms with Gasteiger partial charge in [-0.05, 0) is 25.5 Å². The summed E-state index contributed by atoms with van der Waals surface area (Å²) in [5.41, 5.74) is 0.439. The quantitative estimate of drug-likeness (QED) is 0.800. The third-order valence-electron chi connectivity index (χ3n) is 3.93. The molecule has 0 spiro atoms. The summed E-state index contributed by atoms with van der Waals surface area (Å²) >= 11 is 0. The number of amides is 1. The van der Waals surface area contributed by atoms with E-state index < -0.39 is 6.10 Å². The number of ether oxygens (including phenoxy) is 1. The molecule has 0 aromatic heterocycles. The van der Waals surface area contributed by atoms with Crippen LogP contribution in [0.2, 0.25) is 0 Å². The second-order valence-electron chi connectivity index (χ2n) is 5.58. The van der Waals surface area contributed by atoms with Crippen LogP contribution in [0.4, 0.5) is 4.39 Å². The SMILES string of the molecule is COc1cccc(F)c1C(C)NCC(O)CN1CCCC1=O. The topological polar surface area (TPSA) is 61.8 Å². The second-order valence-corrected chi connectivity index (χ2v) is 5.58. The fourth-order valence-corrected chi connectivity index (χ4v) is 2.75. The van der Waals surface area contributed by atoms with Crippen molar-refractivity contribution in [3.8, 4) is 5.75 Å². The fraction of sp³-hybridized carbons (Fsp3) is 0.562. The average molecular weight is 310 g/mol. The minimum Gasteiger partial charge on any atom is -0.496 e. The van der Waals surface area contributed by atoms with Crippen LogP contribution in [-0.4, -0.2) is 48.8 Å². The minimum absolute atomic E-state index is 0.0860. The number of benzene rings is 1. The number of aliphatic hydroxyl groups is 1. The first-order valence-electron chi connectivity index (χ1n) is 7.54. The molecule has 1 aromatic carbocycles. The lowest BCUT2D eigenvalue weighted by atomic mass is 10.1. The average Bonchev–Trinajstić information content (AvgIpc) is 2.89. The monoisotopic (exact) mass is 310 g/mol. The Morgan fingerprint density at radius 3 is 2.91 bits per heavy atom. The van der Waals surface area contributed by atoms with Gasteiger partial charge in [-0.15, -0.1) is 0 Å². The number of hydrogen-bond acceptors (Lipinski definition) is 4. The van der Waals surface area contributed by atoms with Gasteiger partial charge in [-0.25, -0.2) is 4.39 Å². The van der Waals surface area contributed by atoms with E-state index in [1.165, 1.54) is 13.2 Å². The van der Waals surface area contributed by atoms with Crippen LogP contribution in [0.3, 0.4) is 0 Å². The molecule has 1 heterocycles. The smallest absolute Gasteiger partial charge is 0.222 e. The lowest BCUT2D eigenvalue weighted by Gasteiger charge is -2.23. The summed E-state index contributed by atoms with van der Waals surface area (Å²) in [5.74, 6) is 0.218. The van der Waals surface area contributed by atoms with E-state index in [9.17, 15) is 14.3 Å². The normalized spacial score (nSPS) is 17.6. The molecule has 2 unspecified atom stereocenters. The van der Waals surface area contributed by atoms with Crippen LogP contribution in [0.1, 0.15) is 31.4 Å². The molecular weight excluding hydrogens is 287 g/mol. The highest BCUT2D eigenvalue weighted by Crippen LogP contribution is 2.27. The minimum atomic E-state index is -0.678. The number of rotatable bonds is 7. The van der Waals surface area contributed by atoms with E-state index in [2.05, 4.69) is 5.32 Å². The zero-order valence-corrected chi connectivity index (χ0v) is 13.0. The molecule has 22 heavy (non-hydrogen) atoms. The highest BCUT2D eigenvalue weighted by atomic mass is 19.1. The number of carbonyl (C=O) groups excluding carboxylic acids is 1. The van der Waals surface area contributed by atoms with Gasteiger partial charge in [-0.1, -0.05) is 6.07 Å². The number of methoxy groups -OCH3 is 1. The predicted octanol–water partition coefficient (Wildman–Crippen LogP) is 1.47. The van der Waals surface area contributed by atoms with E-state index in [0.29, 0.717) is 30.8 Å². The number of aliphatic hydroxyl groups excluding tert-OH is 1. The molecule has 2 atom stereocenters. The molecule has 1 aliphatic rings. The highest BCUT2D eigenvalue weighted by Gasteiger charge is 2.23. The van der Waals surface area contributed by atoms with Crippen LogP contribution in [0.15, 0.2) is 18.2 Å². The number of hydrogen-bond donors (Lipinski definition) is 2. The Bertz CT molecular complexity index is 524. The predicted molar refractivity (Wildman–Crippen MR) is 81.2 cm³/mol. The third kappa shape index (κ3) is 3.96. The van der Waals surface area contributed by atoms with Crippen LogP contribution >= 0.6 is 0 Å². The molecule has 2 rings (SSSR count). The summed E-state index contributed by atoms with van der Waals surface area (Å²) in [6.45, 7) is 3.11. The van der Waals surface area contributed by atoms with Crippen LogP contribution in [0, 0.1) is 5.82 Å². The van der Waals surface area contributed by atoms with Crippen molar-refractivity contribution in [2.75, 3.05) is 26.7 Å². The van der Waals surface area contributed by atoms with E-state index in [1.54, 1.807) is 17.0 Å². The Morgan fingerprint density at radius 1 is 1.50 bits per heavy atom. The van der Waals surface area contributed by atoms with Gasteiger partial charge >= 0.3 is 0 Å². The molecule has 5 nitrogen and oxygen atoms in total. The van der Waals surface area contributed by atoms with E-state index in [-0.39, 0.29) is 24.3 Å². The van der Waals surface area contributed by atoms with Gasteiger partial charge < -0.3 is 20.1 Å². The Balaban J connectivity index is 1.89. The Hall–Kier alpha value is -1.66. The number of likely N-dealkylation sites (tertiary alicyclic amines) is 1. The third-order valence-corrected chi connectivity index (χ3v) is 3.93. The first kappa shape index (κ1) is 16.7. The number of carbonyl (C=O) groups is 1. The van der Waals surface area contributed by atoms with Crippen molar-refractivity contribution in [1.29, 1.82) is 0 Å². The summed E-state index contributed by atoms with van der Waals surface area (Å²) < 4.78 is 19.1. The summed E-state index contributed by atoms with van der Waals surface area (Å²) in [5, 5.41) is 13.1. The van der Waals surface area contributed by atoms with Crippen LogP contribution in [-0.2, 0) is 4.79 Å². The Morgan fingerprint density at radius 2 is 2.27 bits per heavy atom. The van der Waals surface area contributed by atoms with Crippen molar-refractivity contribution in [2.45, 2.75) is 31.9 Å². The van der Waals surface area contributed by atoms with Gasteiger partial charge in [0.25, 0.3) is 0 Å². The Labute approximate surface area is 130 Å². The standard InChI is InChI=1S/C16H23FN2O3/c1-11(16-13(17)5-3-6-14(16)22-2)18-9-12(20)10-19-8-4-7-15(19)21/h3,5-6,11-12,18,20H,4,7-10H2,1-2H3. The molecule has 0 bridgehead atoms. The summed E-state index contributed by atoms with van der Waals surface area (Å²) in [4.78, 5) is 13.2. The lowest BCUT2D eigenvalue weighted by Crippen LogP contribution is -2.39. The molecule has 1 amide bonds. The maximum absolute atomic E-state index is 14.0. The van der Waals surface area contributed by atoms with Crippen LogP contribution < -0.4 is 10.1 Å². The van der Waals surface area contributed by atoms with Crippen molar-refractivity contribution in [2.24, 2.45) is 0 Å². The number of nitrogens with zero attached hydrogens (tertiary/aromatic N) is 1. The number of β-amino-alcohol motifs (C(OH)–C–C–N with tert-alkyl or cyclic N) is 1. The van der Waals surface area contributed by atoms with Gasteiger partial charge in [0.05, 0.1) is 13.2 Å². The molecule has 0 aliphatic carbocycles. The Kier molecular flexibility index (Phi) is 5.74.